The number of nitrogens with zero attached hydrogens (tertiary/aromatic N) is 2. The van der Waals surface area contributed by atoms with E-state index in [1.165, 1.54) is 17.6 Å². The van der Waals surface area contributed by atoms with Gasteiger partial charge in [-0.1, -0.05) is 23.7 Å². The first kappa shape index (κ1) is 33.6. The molecule has 1 aromatic heterocycles. The second kappa shape index (κ2) is 11.6. The Hall–Kier alpha value is -4.28. The average Bonchev–Trinajstić information content (AvgIpc) is 3.78. The van der Waals surface area contributed by atoms with Crippen LogP contribution >= 0.6 is 11.6 Å². The fraction of sp³-hybridized carbons (Fsp3) is 0.259. The normalized spacial score (nSPS) is 14.2. The van der Waals surface area contributed by atoms with Gasteiger partial charge in [-0.2, -0.15) is 39.5 Å². The maximum Gasteiger partial charge on any atom is 0.435 e. The van der Waals surface area contributed by atoms with E-state index in [0.29, 0.717) is 23.8 Å². The first-order chi connectivity index (χ1) is 20.7. The molecule has 1 fully saturated rings. The SMILES string of the molecule is O=C(Nc1ccc(C(F)(C(F)(F)F)C(F)(F)F)cc1C(F)(F)F)c1cccc(N(C(=O)c2cccnc2Cl)C(=O)C2CC2)c1F. The molecular weight excluding hydrogens is 659 g/mol. The Bertz CT molecular complexity index is 1650. The van der Waals surface area contributed by atoms with Crippen molar-refractivity contribution in [3.63, 3.8) is 0 Å². The molecule has 0 radical (unpaired) electrons. The summed E-state index contributed by atoms with van der Waals surface area (Å²) in [6.45, 7) is 0. The zero-order chi connectivity index (χ0) is 33.7. The van der Waals surface area contributed by atoms with Crippen LogP contribution in [0, 0.1) is 11.7 Å². The summed E-state index contributed by atoms with van der Waals surface area (Å²) in [7, 11) is 0. The summed E-state index contributed by atoms with van der Waals surface area (Å²) < 4.78 is 150. The van der Waals surface area contributed by atoms with Gasteiger partial charge >= 0.3 is 24.2 Å². The maximum absolute atomic E-state index is 15.7. The molecule has 0 spiro atoms. The highest BCUT2D eigenvalue weighted by molar-refractivity contribution is 6.35. The lowest BCUT2D eigenvalue weighted by atomic mass is 9.92. The molecule has 1 N–H and O–H groups in total. The number of alkyl halides is 10. The van der Waals surface area contributed by atoms with E-state index in [-0.39, 0.29) is 22.8 Å². The van der Waals surface area contributed by atoms with Gasteiger partial charge in [0.2, 0.25) is 5.91 Å². The fourth-order valence-corrected chi connectivity index (χ4v) is 4.35. The molecule has 0 atom stereocenters. The lowest BCUT2D eigenvalue weighted by Gasteiger charge is -2.31. The van der Waals surface area contributed by atoms with Crippen molar-refractivity contribution in [1.29, 1.82) is 0 Å². The molecule has 0 aliphatic heterocycles. The third kappa shape index (κ3) is 6.30. The van der Waals surface area contributed by atoms with Crippen molar-refractivity contribution in [3.05, 3.63) is 88.0 Å². The van der Waals surface area contributed by atoms with Crippen LogP contribution in [0.2, 0.25) is 5.15 Å². The molecular formula is C27H15ClF11N3O3. The lowest BCUT2D eigenvalue weighted by Crippen LogP contribution is -2.50. The standard InChI is InChI=1S/C27H15ClF11N3O3/c28-20-15(4-2-10-40-20)23(45)42(22(44)12-6-7-12)18-5-1-3-14(19(18)29)21(43)41-17-9-8-13(11-16(17)25(31,32)33)24(30,26(34,35)36)27(37,38)39/h1-5,8-12H,6-7H2,(H,41,43). The third-order valence-corrected chi connectivity index (χ3v) is 6.86. The topological polar surface area (TPSA) is 79.4 Å². The van der Waals surface area contributed by atoms with Gasteiger partial charge in [0, 0.05) is 17.7 Å². The zero-order valence-corrected chi connectivity index (χ0v) is 22.6. The van der Waals surface area contributed by atoms with Crippen LogP contribution in [0.25, 0.3) is 0 Å². The van der Waals surface area contributed by atoms with Crippen molar-refractivity contribution in [2.75, 3.05) is 10.2 Å². The van der Waals surface area contributed by atoms with Crippen molar-refractivity contribution < 1.29 is 62.7 Å². The molecule has 240 valence electrons. The minimum Gasteiger partial charge on any atom is -0.321 e. The number of pyridine rings is 1. The van der Waals surface area contributed by atoms with E-state index in [9.17, 15) is 58.3 Å². The molecule has 2 aromatic carbocycles. The first-order valence-electron chi connectivity index (χ1n) is 12.3. The molecule has 0 saturated heterocycles. The molecule has 0 unspecified atom stereocenters. The van der Waals surface area contributed by atoms with Crippen LogP contribution in [0.3, 0.4) is 0 Å². The average molecular weight is 674 g/mol. The summed E-state index contributed by atoms with van der Waals surface area (Å²) in [4.78, 5) is 43.3. The van der Waals surface area contributed by atoms with Gasteiger partial charge in [0.1, 0.15) is 5.15 Å². The first-order valence-corrected chi connectivity index (χ1v) is 12.7. The van der Waals surface area contributed by atoms with Crippen LogP contribution in [0.4, 0.5) is 59.7 Å². The summed E-state index contributed by atoms with van der Waals surface area (Å²) in [5.74, 6) is -6.13. The number of anilines is 2. The number of imide groups is 1. The summed E-state index contributed by atoms with van der Waals surface area (Å²) in [5.41, 5.74) is -14.8. The molecule has 1 saturated carbocycles. The molecule has 4 rings (SSSR count). The van der Waals surface area contributed by atoms with E-state index >= 15 is 4.39 Å². The Morgan fingerprint density at radius 1 is 0.844 bits per heavy atom. The predicted octanol–water partition coefficient (Wildman–Crippen LogP) is 8.02. The highest BCUT2D eigenvalue weighted by Gasteiger charge is 2.73. The zero-order valence-electron chi connectivity index (χ0n) is 21.8. The van der Waals surface area contributed by atoms with Gasteiger partial charge < -0.3 is 5.32 Å². The lowest BCUT2D eigenvalue weighted by molar-refractivity contribution is -0.348. The number of halogens is 12. The van der Waals surface area contributed by atoms with Crippen molar-refractivity contribution in [2.24, 2.45) is 5.92 Å². The third-order valence-electron chi connectivity index (χ3n) is 6.56. The molecule has 1 heterocycles. The number of hydrogen-bond donors (Lipinski definition) is 1. The molecule has 6 nitrogen and oxygen atoms in total. The van der Waals surface area contributed by atoms with Crippen molar-refractivity contribution in [2.45, 2.75) is 37.0 Å². The molecule has 0 bridgehead atoms. The van der Waals surface area contributed by atoms with E-state index < -0.39 is 87.8 Å². The Morgan fingerprint density at radius 2 is 1.44 bits per heavy atom. The van der Waals surface area contributed by atoms with Gasteiger partial charge in [0.25, 0.3) is 11.8 Å². The summed E-state index contributed by atoms with van der Waals surface area (Å²) in [5, 5.41) is 1.15. The number of nitrogens with one attached hydrogen (secondary N) is 1. The summed E-state index contributed by atoms with van der Waals surface area (Å²) in [6.07, 6.45) is -17.4. The number of hydrogen-bond acceptors (Lipinski definition) is 4. The molecule has 3 aromatic rings. The van der Waals surface area contributed by atoms with Crippen LogP contribution < -0.4 is 10.2 Å². The highest BCUT2D eigenvalue weighted by atomic mass is 35.5. The van der Waals surface area contributed by atoms with Crippen LogP contribution in [0.15, 0.2) is 54.7 Å². The number of carbonyl (C=O) groups is 3. The van der Waals surface area contributed by atoms with Crippen LogP contribution in [-0.2, 0) is 16.6 Å². The number of amides is 3. The maximum atomic E-state index is 15.7. The van der Waals surface area contributed by atoms with Gasteiger partial charge in [-0.05, 0) is 49.2 Å². The molecule has 18 heteroatoms. The Balaban J connectivity index is 1.77. The molecule has 3 amide bonds. The van der Waals surface area contributed by atoms with Crippen LogP contribution in [-0.4, -0.2) is 35.1 Å². The Morgan fingerprint density at radius 3 is 1.98 bits per heavy atom. The van der Waals surface area contributed by atoms with E-state index in [1.54, 1.807) is 0 Å². The number of benzene rings is 2. The van der Waals surface area contributed by atoms with Crippen molar-refractivity contribution in [1.82, 2.24) is 4.98 Å². The fourth-order valence-electron chi connectivity index (χ4n) is 4.15. The van der Waals surface area contributed by atoms with E-state index in [0.717, 1.165) is 18.2 Å². The summed E-state index contributed by atoms with van der Waals surface area (Å²) >= 11 is 5.94. The second-order valence-electron chi connectivity index (χ2n) is 9.60. The summed E-state index contributed by atoms with van der Waals surface area (Å²) in [6, 6.07) is 3.85. The monoisotopic (exact) mass is 673 g/mol. The Kier molecular flexibility index (Phi) is 8.65. The van der Waals surface area contributed by atoms with Gasteiger partial charge in [-0.3, -0.25) is 14.4 Å². The van der Waals surface area contributed by atoms with Crippen LogP contribution in [0.5, 0.6) is 0 Å². The molecule has 45 heavy (non-hydrogen) atoms. The van der Waals surface area contributed by atoms with E-state index in [1.807, 2.05) is 0 Å². The number of rotatable bonds is 6. The van der Waals surface area contributed by atoms with Gasteiger partial charge in [0.15, 0.2) is 5.82 Å². The smallest absolute Gasteiger partial charge is 0.321 e. The number of carbonyl (C=O) groups excluding carboxylic acids is 3. The van der Waals surface area contributed by atoms with Gasteiger partial charge in [-0.15, -0.1) is 0 Å². The molecule has 1 aliphatic carbocycles. The van der Waals surface area contributed by atoms with E-state index in [4.69, 9.17) is 11.6 Å². The number of aromatic nitrogens is 1. The van der Waals surface area contributed by atoms with Gasteiger partial charge in [-0.25, -0.2) is 18.7 Å². The predicted molar refractivity (Wildman–Crippen MR) is 134 cm³/mol. The van der Waals surface area contributed by atoms with Crippen molar-refractivity contribution >= 4 is 40.7 Å². The largest absolute Gasteiger partial charge is 0.435 e. The van der Waals surface area contributed by atoms with Crippen LogP contribution in [0.1, 0.15) is 44.7 Å². The minimum absolute atomic E-state index is 0.0690. The molecule has 1 aliphatic rings. The van der Waals surface area contributed by atoms with E-state index in [2.05, 4.69) is 4.98 Å². The second-order valence-corrected chi connectivity index (χ2v) is 9.96. The van der Waals surface area contributed by atoms with Crippen molar-refractivity contribution in [3.8, 4) is 0 Å². The van der Waals surface area contributed by atoms with Gasteiger partial charge in [0.05, 0.1) is 28.1 Å². The minimum atomic E-state index is -6.73. The quantitative estimate of drug-likeness (QED) is 0.163. The highest BCUT2D eigenvalue weighted by Crippen LogP contribution is 2.54. The Labute approximate surface area is 249 Å².